The molecule has 0 aliphatic carbocycles. The van der Waals surface area contributed by atoms with E-state index in [-0.39, 0.29) is 31.6 Å². The van der Waals surface area contributed by atoms with Gasteiger partial charge in [0.2, 0.25) is 11.8 Å². The number of aliphatic hydroxyl groups is 1. The summed E-state index contributed by atoms with van der Waals surface area (Å²) in [5, 5.41) is 9.41. The fraction of sp³-hybridized carbons (Fsp3) is 0.792. The smallest absolute Gasteiger partial charge is 0.312 e. The zero-order valence-electron chi connectivity index (χ0n) is 19.7. The van der Waals surface area contributed by atoms with E-state index in [2.05, 4.69) is 13.5 Å². The maximum atomic E-state index is 13.9. The number of nitrogens with zero attached hydrogens (tertiary/aromatic N) is 2. The molecule has 2 unspecified atom stereocenters. The number of unbranched alkanes of at least 4 members (excludes halogenated alkanes) is 2. The highest BCUT2D eigenvalue weighted by atomic mass is 16.6. The number of aliphatic hydroxyl groups excluding tert-OH is 1. The lowest BCUT2D eigenvalue weighted by Gasteiger charge is -2.36. The van der Waals surface area contributed by atoms with E-state index in [1.807, 2.05) is 6.92 Å². The van der Waals surface area contributed by atoms with Crippen LogP contribution in [0.1, 0.15) is 59.3 Å². The molecule has 3 rings (SSSR count). The predicted octanol–water partition coefficient (Wildman–Crippen LogP) is 1.90. The molecule has 1 spiro atoms. The van der Waals surface area contributed by atoms with Gasteiger partial charge in [0, 0.05) is 26.2 Å². The summed E-state index contributed by atoms with van der Waals surface area (Å²) in [7, 11) is 0. The van der Waals surface area contributed by atoms with E-state index in [1.165, 1.54) is 0 Å². The molecule has 3 saturated heterocycles. The third kappa shape index (κ3) is 3.96. The Morgan fingerprint density at radius 2 is 2.06 bits per heavy atom. The van der Waals surface area contributed by atoms with Crippen molar-refractivity contribution in [3.63, 3.8) is 0 Å². The quantitative estimate of drug-likeness (QED) is 0.277. The van der Waals surface area contributed by atoms with Crippen LogP contribution in [0.2, 0.25) is 0 Å². The summed E-state index contributed by atoms with van der Waals surface area (Å²) < 4.78 is 11.8. The molecule has 2 amide bonds. The van der Waals surface area contributed by atoms with Crippen LogP contribution >= 0.6 is 0 Å². The molecule has 5 atom stereocenters. The van der Waals surface area contributed by atoms with Crippen molar-refractivity contribution in [3.8, 4) is 0 Å². The Morgan fingerprint density at radius 3 is 2.69 bits per heavy atom. The first kappa shape index (κ1) is 24.7. The van der Waals surface area contributed by atoms with E-state index in [4.69, 9.17) is 9.47 Å². The van der Waals surface area contributed by atoms with Crippen LogP contribution in [0.15, 0.2) is 12.7 Å². The molecule has 1 N–H and O–H groups in total. The van der Waals surface area contributed by atoms with Crippen LogP contribution in [0.5, 0.6) is 0 Å². The van der Waals surface area contributed by atoms with Gasteiger partial charge >= 0.3 is 5.97 Å². The van der Waals surface area contributed by atoms with E-state index in [0.29, 0.717) is 32.4 Å². The van der Waals surface area contributed by atoms with Crippen molar-refractivity contribution in [3.05, 3.63) is 12.7 Å². The first-order valence-electron chi connectivity index (χ1n) is 12.0. The number of likely N-dealkylation sites (tertiary alicyclic amines) is 1. The molecule has 0 radical (unpaired) electrons. The van der Waals surface area contributed by atoms with Gasteiger partial charge in [-0.3, -0.25) is 14.4 Å². The van der Waals surface area contributed by atoms with E-state index < -0.39 is 35.0 Å². The number of esters is 1. The Bertz CT molecular complexity index is 742. The molecule has 8 nitrogen and oxygen atoms in total. The summed E-state index contributed by atoms with van der Waals surface area (Å²) in [5.74, 6) is -2.31. The maximum Gasteiger partial charge on any atom is 0.312 e. The zero-order chi connectivity index (χ0) is 23.5. The van der Waals surface area contributed by atoms with E-state index in [0.717, 1.165) is 19.3 Å². The highest BCUT2D eigenvalue weighted by molar-refractivity contribution is 5.98. The normalized spacial score (nSPS) is 32.8. The highest BCUT2D eigenvalue weighted by Crippen LogP contribution is 2.63. The van der Waals surface area contributed by atoms with Crippen molar-refractivity contribution < 1.29 is 29.0 Å². The number of hydrogen-bond acceptors (Lipinski definition) is 6. The van der Waals surface area contributed by atoms with Gasteiger partial charge in [0.25, 0.3) is 0 Å². The van der Waals surface area contributed by atoms with Crippen LogP contribution in [-0.2, 0) is 23.9 Å². The Kier molecular flexibility index (Phi) is 7.65. The molecular weight excluding hydrogens is 412 g/mol. The third-order valence-corrected chi connectivity index (χ3v) is 7.30. The van der Waals surface area contributed by atoms with Crippen LogP contribution in [0.3, 0.4) is 0 Å². The number of hydrogen-bond donors (Lipinski definition) is 1. The molecule has 3 aliphatic rings. The fourth-order valence-electron chi connectivity index (χ4n) is 5.95. The standard InChI is InChI=1S/C24H38N2O6/c1-5-8-9-14-25(13-6-2)21(29)19-24-12-11-23(4,32-24)18(22(30)31-7-3)17(24)20(28)26(19)15-10-16-27/h6,17-19,27H,2,5,7-16H2,1,3-4H3/t17-,18-,19?,23+,24?/m0/s1. The van der Waals surface area contributed by atoms with Crippen molar-refractivity contribution in [1.82, 2.24) is 9.80 Å². The zero-order valence-corrected chi connectivity index (χ0v) is 19.7. The SMILES string of the molecule is C=CCN(CCCCC)C(=O)C1N(CCCO)C(=O)[C@@H]2[C@@H](C(=O)OCC)[C@@]3(C)CCC12O3. The first-order valence-corrected chi connectivity index (χ1v) is 12.0. The fourth-order valence-corrected chi connectivity index (χ4v) is 5.95. The number of carbonyl (C=O) groups excluding carboxylic acids is 3. The number of rotatable bonds is 12. The van der Waals surface area contributed by atoms with E-state index in [1.54, 1.807) is 22.8 Å². The van der Waals surface area contributed by atoms with Gasteiger partial charge < -0.3 is 24.4 Å². The second-order valence-electron chi connectivity index (χ2n) is 9.37. The summed E-state index contributed by atoms with van der Waals surface area (Å²) in [5.41, 5.74) is -1.86. The predicted molar refractivity (Wildman–Crippen MR) is 119 cm³/mol. The minimum absolute atomic E-state index is 0.0882. The summed E-state index contributed by atoms with van der Waals surface area (Å²) in [6.45, 7) is 10.9. The van der Waals surface area contributed by atoms with Crippen LogP contribution in [0, 0.1) is 11.8 Å². The Hall–Kier alpha value is -1.93. The monoisotopic (exact) mass is 450 g/mol. The number of amides is 2. The summed E-state index contributed by atoms with van der Waals surface area (Å²) in [4.78, 5) is 43.8. The molecule has 0 saturated carbocycles. The van der Waals surface area contributed by atoms with Gasteiger partial charge in [0.05, 0.1) is 18.1 Å². The molecule has 3 fully saturated rings. The lowest BCUT2D eigenvalue weighted by atomic mass is 9.66. The molecule has 180 valence electrons. The van der Waals surface area contributed by atoms with Gasteiger partial charge in [-0.05, 0) is 39.5 Å². The second-order valence-corrected chi connectivity index (χ2v) is 9.37. The van der Waals surface area contributed by atoms with Crippen molar-refractivity contribution in [1.29, 1.82) is 0 Å². The number of ether oxygens (including phenoxy) is 2. The highest BCUT2D eigenvalue weighted by Gasteiger charge is 2.78. The van der Waals surface area contributed by atoms with Gasteiger partial charge in [-0.1, -0.05) is 25.8 Å². The molecule has 2 bridgehead atoms. The lowest BCUT2D eigenvalue weighted by molar-refractivity contribution is -0.160. The average Bonchev–Trinajstić information content (AvgIpc) is 3.32. The van der Waals surface area contributed by atoms with Crippen molar-refractivity contribution in [2.45, 2.75) is 76.5 Å². The molecule has 0 aromatic rings. The maximum absolute atomic E-state index is 13.9. The summed E-state index contributed by atoms with van der Waals surface area (Å²) in [6, 6.07) is -0.811. The number of carbonyl (C=O) groups is 3. The van der Waals surface area contributed by atoms with Gasteiger partial charge in [0.1, 0.15) is 17.6 Å². The van der Waals surface area contributed by atoms with Gasteiger partial charge in [-0.15, -0.1) is 6.58 Å². The Balaban J connectivity index is 1.99. The van der Waals surface area contributed by atoms with Gasteiger partial charge in [-0.2, -0.15) is 0 Å². The molecular formula is C24H38N2O6. The summed E-state index contributed by atoms with van der Waals surface area (Å²) >= 11 is 0. The average molecular weight is 451 g/mol. The first-order chi connectivity index (χ1) is 15.3. The third-order valence-electron chi connectivity index (χ3n) is 7.30. The molecule has 0 aromatic carbocycles. The molecule has 3 heterocycles. The Labute approximate surface area is 190 Å². The molecule has 0 aromatic heterocycles. The minimum Gasteiger partial charge on any atom is -0.466 e. The van der Waals surface area contributed by atoms with Crippen LogP contribution in [0.25, 0.3) is 0 Å². The topological polar surface area (TPSA) is 96.4 Å². The van der Waals surface area contributed by atoms with Crippen LogP contribution in [0.4, 0.5) is 0 Å². The number of fused-ring (bicyclic) bond motifs is 1. The van der Waals surface area contributed by atoms with Crippen molar-refractivity contribution >= 4 is 17.8 Å². The van der Waals surface area contributed by atoms with E-state index >= 15 is 0 Å². The Morgan fingerprint density at radius 1 is 1.31 bits per heavy atom. The molecule has 3 aliphatic heterocycles. The second kappa shape index (κ2) is 9.91. The summed E-state index contributed by atoms with van der Waals surface area (Å²) in [6.07, 6.45) is 6.10. The lowest BCUT2D eigenvalue weighted by Crippen LogP contribution is -2.56. The van der Waals surface area contributed by atoms with Gasteiger partial charge in [-0.25, -0.2) is 0 Å². The van der Waals surface area contributed by atoms with Crippen molar-refractivity contribution in [2.24, 2.45) is 11.8 Å². The van der Waals surface area contributed by atoms with Crippen molar-refractivity contribution in [2.75, 3.05) is 32.8 Å². The molecule has 32 heavy (non-hydrogen) atoms. The molecule has 8 heteroatoms. The largest absolute Gasteiger partial charge is 0.466 e. The van der Waals surface area contributed by atoms with E-state index in [9.17, 15) is 19.5 Å². The van der Waals surface area contributed by atoms with Gasteiger partial charge in [0.15, 0.2) is 0 Å². The van der Waals surface area contributed by atoms with Crippen LogP contribution in [-0.4, -0.2) is 82.8 Å². The minimum atomic E-state index is -1.04. The van der Waals surface area contributed by atoms with Crippen LogP contribution < -0.4 is 0 Å².